The van der Waals surface area contributed by atoms with E-state index in [4.69, 9.17) is 32.5 Å². The van der Waals surface area contributed by atoms with Crippen molar-refractivity contribution < 1.29 is 14.7 Å². The molecule has 0 bridgehead atoms. The molecule has 206 valence electrons. The molecule has 0 spiro atoms. The van der Waals surface area contributed by atoms with Crippen molar-refractivity contribution in [3.8, 4) is 11.5 Å². The van der Waals surface area contributed by atoms with Crippen LogP contribution in [0.15, 0.2) is 66.7 Å². The number of nitrogens with one attached hydrogen (secondary N) is 1. The van der Waals surface area contributed by atoms with Gasteiger partial charge in [-0.15, -0.1) is 0 Å². The zero-order valence-electron chi connectivity index (χ0n) is 22.5. The number of carbonyl (C=O) groups excluding carboxylic acids is 1. The van der Waals surface area contributed by atoms with Crippen LogP contribution in [0.4, 0.5) is 11.6 Å². The van der Waals surface area contributed by atoms with E-state index < -0.39 is 11.4 Å². The lowest BCUT2D eigenvalue weighted by Gasteiger charge is -2.23. The number of fused-ring (bicyclic) bond motifs is 2. The molecule has 4 N–H and O–H groups in total. The van der Waals surface area contributed by atoms with Gasteiger partial charge >= 0.3 is 5.97 Å². The number of nitrogens with two attached hydrogens (primary N) is 1. The van der Waals surface area contributed by atoms with E-state index in [1.165, 1.54) is 0 Å². The van der Waals surface area contributed by atoms with Crippen LogP contribution in [0, 0.1) is 6.92 Å². The highest BCUT2D eigenvalue weighted by Crippen LogP contribution is 2.45. The number of halogens is 1. The summed E-state index contributed by atoms with van der Waals surface area (Å²) in [5, 5.41) is 18.1. The van der Waals surface area contributed by atoms with E-state index in [0.717, 1.165) is 27.6 Å². The Labute approximate surface area is 241 Å². The van der Waals surface area contributed by atoms with Crippen molar-refractivity contribution >= 4 is 46.0 Å². The molecule has 1 atom stereocenters. The predicted molar refractivity (Wildman–Crippen MR) is 158 cm³/mol. The number of aromatic nitrogens is 4. The Balaban J connectivity index is 1.41. The van der Waals surface area contributed by atoms with E-state index in [0.29, 0.717) is 46.5 Å². The lowest BCUT2D eigenvalue weighted by Crippen LogP contribution is -2.33. The van der Waals surface area contributed by atoms with Crippen LogP contribution in [0.1, 0.15) is 41.2 Å². The fourth-order valence-electron chi connectivity index (χ4n) is 5.46. The molecule has 1 unspecified atom stereocenters. The maximum absolute atomic E-state index is 13.4. The van der Waals surface area contributed by atoms with Gasteiger partial charge in [0.2, 0.25) is 5.91 Å². The second kappa shape index (κ2) is 10.0. The Morgan fingerprint density at radius 3 is 2.59 bits per heavy atom. The average molecular weight is 567 g/mol. The number of carbonyl (C=O) groups is 2. The number of hydrogen-bond donors (Lipinski definition) is 3. The number of aryl methyl sites for hydroxylation is 2. The highest BCUT2D eigenvalue weighted by molar-refractivity contribution is 6.31. The molecule has 9 nitrogen and oxygen atoms in total. The molecular formula is C31H27ClN6O3. The number of carboxylic acid groups (broad SMARTS) is 1. The van der Waals surface area contributed by atoms with Crippen LogP contribution in [0.3, 0.4) is 0 Å². The van der Waals surface area contributed by atoms with E-state index in [1.807, 2.05) is 66.2 Å². The SMILES string of the molecule is Cc1cccc(Cn2nc(-c3nc(N)c4c(n3)NC(=O)C4(C)c3ccc(CCC(=O)O)cc3)c3ccc(Cl)cc32)c1. The molecule has 1 aliphatic rings. The zero-order chi connectivity index (χ0) is 28.9. The van der Waals surface area contributed by atoms with Crippen LogP contribution in [0.25, 0.3) is 22.4 Å². The molecule has 1 aliphatic heterocycles. The fourth-order valence-corrected chi connectivity index (χ4v) is 5.63. The lowest BCUT2D eigenvalue weighted by atomic mass is 9.77. The Hall–Kier alpha value is -4.76. The maximum Gasteiger partial charge on any atom is 0.303 e. The van der Waals surface area contributed by atoms with Crippen molar-refractivity contribution in [2.75, 3.05) is 11.1 Å². The zero-order valence-corrected chi connectivity index (χ0v) is 23.2. The molecule has 3 aromatic carbocycles. The number of carboxylic acids is 1. The molecule has 0 fully saturated rings. The van der Waals surface area contributed by atoms with Crippen LogP contribution in [0.5, 0.6) is 0 Å². The summed E-state index contributed by atoms with van der Waals surface area (Å²) < 4.78 is 1.87. The van der Waals surface area contributed by atoms with Crippen molar-refractivity contribution in [1.82, 2.24) is 19.7 Å². The quantitative estimate of drug-likeness (QED) is 0.241. The van der Waals surface area contributed by atoms with Crippen molar-refractivity contribution in [3.63, 3.8) is 0 Å². The van der Waals surface area contributed by atoms with Gasteiger partial charge in [-0.3, -0.25) is 14.3 Å². The van der Waals surface area contributed by atoms with Gasteiger partial charge in [0.05, 0.1) is 17.6 Å². The number of amides is 1. The van der Waals surface area contributed by atoms with Gasteiger partial charge in [-0.25, -0.2) is 9.97 Å². The van der Waals surface area contributed by atoms with Crippen LogP contribution in [0.2, 0.25) is 5.02 Å². The van der Waals surface area contributed by atoms with Crippen LogP contribution >= 0.6 is 11.6 Å². The third kappa shape index (κ3) is 4.68. The smallest absolute Gasteiger partial charge is 0.303 e. The van der Waals surface area contributed by atoms with Gasteiger partial charge in [0.25, 0.3) is 0 Å². The standard InChI is InChI=1S/C31H27ClN6O3/c1-17-4-3-5-19(14-17)16-38-23-15-21(32)11-12-22(23)26(37-38)29-34-27(33)25-28(35-29)36-30(41)31(25,2)20-9-6-18(7-10-20)8-13-24(39)40/h3-7,9-12,14-15H,8,13,16H2,1-2H3,(H,39,40)(H3,33,34,35,36,41). The molecule has 3 heterocycles. The minimum absolute atomic E-state index is 0.0329. The highest BCUT2D eigenvalue weighted by atomic mass is 35.5. The van der Waals surface area contributed by atoms with E-state index in [9.17, 15) is 9.59 Å². The molecular weight excluding hydrogens is 540 g/mol. The molecule has 1 amide bonds. The molecule has 0 saturated heterocycles. The lowest BCUT2D eigenvalue weighted by molar-refractivity contribution is -0.137. The molecule has 10 heteroatoms. The first-order chi connectivity index (χ1) is 19.6. The van der Waals surface area contributed by atoms with Gasteiger partial charge in [0.1, 0.15) is 22.7 Å². The monoisotopic (exact) mass is 566 g/mol. The predicted octanol–water partition coefficient (Wildman–Crippen LogP) is 5.36. The molecule has 0 radical (unpaired) electrons. The number of rotatable bonds is 7. The normalized spacial score (nSPS) is 16.1. The number of aliphatic carboxylic acids is 1. The van der Waals surface area contributed by atoms with E-state index in [-0.39, 0.29) is 18.1 Å². The Kier molecular flexibility index (Phi) is 6.46. The summed E-state index contributed by atoms with van der Waals surface area (Å²) in [5.74, 6) is -0.320. The van der Waals surface area contributed by atoms with Crippen molar-refractivity contribution in [2.24, 2.45) is 0 Å². The topological polar surface area (TPSA) is 136 Å². The first-order valence-corrected chi connectivity index (χ1v) is 13.5. The number of hydrogen-bond acceptors (Lipinski definition) is 6. The number of nitrogens with zero attached hydrogens (tertiary/aromatic N) is 4. The minimum atomic E-state index is -1.12. The maximum atomic E-state index is 13.4. The van der Waals surface area contributed by atoms with E-state index >= 15 is 0 Å². The molecule has 0 aliphatic carbocycles. The molecule has 41 heavy (non-hydrogen) atoms. The van der Waals surface area contributed by atoms with Gasteiger partial charge in [-0.2, -0.15) is 5.10 Å². The molecule has 5 aromatic rings. The number of anilines is 2. The summed E-state index contributed by atoms with van der Waals surface area (Å²) in [7, 11) is 0. The summed E-state index contributed by atoms with van der Waals surface area (Å²) in [6, 6.07) is 21.1. The van der Waals surface area contributed by atoms with Gasteiger partial charge in [0, 0.05) is 16.8 Å². The number of nitrogen functional groups attached to an aromatic ring is 1. The van der Waals surface area contributed by atoms with Gasteiger partial charge in [0.15, 0.2) is 5.82 Å². The first-order valence-electron chi connectivity index (χ1n) is 13.2. The summed E-state index contributed by atoms with van der Waals surface area (Å²) in [4.78, 5) is 33.7. The summed E-state index contributed by atoms with van der Waals surface area (Å²) in [6.45, 7) is 4.36. The summed E-state index contributed by atoms with van der Waals surface area (Å²) in [5.41, 5.74) is 11.1. The van der Waals surface area contributed by atoms with Crippen LogP contribution < -0.4 is 11.1 Å². The minimum Gasteiger partial charge on any atom is -0.481 e. The third-order valence-corrected chi connectivity index (χ3v) is 7.86. The molecule has 0 saturated carbocycles. The molecule has 2 aromatic heterocycles. The Morgan fingerprint density at radius 1 is 1.07 bits per heavy atom. The second-order valence-corrected chi connectivity index (χ2v) is 10.9. The van der Waals surface area contributed by atoms with Gasteiger partial charge < -0.3 is 16.2 Å². The second-order valence-electron chi connectivity index (χ2n) is 10.5. The Morgan fingerprint density at radius 2 is 1.85 bits per heavy atom. The fraction of sp³-hybridized carbons (Fsp3) is 0.194. The van der Waals surface area contributed by atoms with Gasteiger partial charge in [-0.1, -0.05) is 65.7 Å². The molecule has 6 rings (SSSR count). The van der Waals surface area contributed by atoms with Crippen molar-refractivity contribution in [2.45, 2.75) is 38.6 Å². The highest BCUT2D eigenvalue weighted by Gasteiger charge is 2.47. The summed E-state index contributed by atoms with van der Waals surface area (Å²) >= 11 is 6.36. The third-order valence-electron chi connectivity index (χ3n) is 7.62. The largest absolute Gasteiger partial charge is 0.481 e. The van der Waals surface area contributed by atoms with Gasteiger partial charge in [-0.05, 0) is 55.2 Å². The Bertz CT molecular complexity index is 1850. The van der Waals surface area contributed by atoms with Crippen LogP contribution in [-0.2, 0) is 28.0 Å². The van der Waals surface area contributed by atoms with Crippen molar-refractivity contribution in [1.29, 1.82) is 0 Å². The van der Waals surface area contributed by atoms with Crippen LogP contribution in [-0.4, -0.2) is 36.7 Å². The average Bonchev–Trinajstić information content (AvgIpc) is 3.42. The number of benzene rings is 3. The van der Waals surface area contributed by atoms with E-state index in [1.54, 1.807) is 13.0 Å². The van der Waals surface area contributed by atoms with Crippen molar-refractivity contribution in [3.05, 3.63) is 99.6 Å². The van der Waals surface area contributed by atoms with E-state index in [2.05, 4.69) is 16.4 Å². The first kappa shape index (κ1) is 26.5. The summed E-state index contributed by atoms with van der Waals surface area (Å²) in [6.07, 6.45) is 0.435.